The molecule has 120 valence electrons. The van der Waals surface area contributed by atoms with Gasteiger partial charge in [0.1, 0.15) is 11.2 Å². The number of rotatable bonds is 7. The number of carbonyl (C=O) groups is 2. The zero-order chi connectivity index (χ0) is 17.0. The molecule has 22 heavy (non-hydrogen) atoms. The van der Waals surface area contributed by atoms with Crippen LogP contribution in [0, 0.1) is 15.5 Å². The highest BCUT2D eigenvalue weighted by Gasteiger charge is 2.56. The van der Waals surface area contributed by atoms with Crippen molar-refractivity contribution in [3.05, 3.63) is 40.4 Å². The number of Topliss-reactive ketones (excluding diaryl/α,β-unsaturated/α-hetero) is 1. The maximum absolute atomic E-state index is 12.3. The van der Waals surface area contributed by atoms with Crippen LogP contribution in [-0.2, 0) is 9.59 Å². The van der Waals surface area contributed by atoms with E-state index in [-0.39, 0.29) is 6.42 Å². The molecule has 0 spiro atoms. The molecule has 0 aliphatic rings. The molecular weight excluding hydrogens is 288 g/mol. The summed E-state index contributed by atoms with van der Waals surface area (Å²) in [6.45, 7) is 3.08. The highest BCUT2D eigenvalue weighted by Crippen LogP contribution is 2.35. The molecule has 1 amide bonds. The minimum absolute atomic E-state index is 0.0148. The fraction of sp³-hybridized carbons (Fsp3) is 0.467. The smallest absolute Gasteiger partial charge is 0.257 e. The van der Waals surface area contributed by atoms with Crippen molar-refractivity contribution in [2.45, 2.75) is 32.8 Å². The van der Waals surface area contributed by atoms with Crippen molar-refractivity contribution < 1.29 is 19.6 Å². The predicted molar refractivity (Wildman–Crippen MR) is 81.0 cm³/mol. The summed E-state index contributed by atoms with van der Waals surface area (Å²) in [5.74, 6) is -1.40. The number of ketones is 1. The lowest BCUT2D eigenvalue weighted by atomic mass is 9.69. The molecule has 0 heterocycles. The predicted octanol–water partition coefficient (Wildman–Crippen LogP) is 1.64. The average molecular weight is 308 g/mol. The lowest BCUT2D eigenvalue weighted by Crippen LogP contribution is -2.59. The molecule has 0 aliphatic heterocycles. The van der Waals surface area contributed by atoms with E-state index in [0.717, 1.165) is 6.92 Å². The summed E-state index contributed by atoms with van der Waals surface area (Å²) < 4.78 is 0. The lowest BCUT2D eigenvalue weighted by Gasteiger charge is -2.37. The van der Waals surface area contributed by atoms with Crippen LogP contribution in [0.5, 0.6) is 0 Å². The van der Waals surface area contributed by atoms with Crippen LogP contribution in [0.3, 0.4) is 0 Å². The first-order valence-electron chi connectivity index (χ1n) is 6.89. The molecule has 0 fully saturated rings. The lowest BCUT2D eigenvalue weighted by molar-refractivity contribution is -0.497. The zero-order valence-corrected chi connectivity index (χ0v) is 12.8. The van der Waals surface area contributed by atoms with E-state index in [1.165, 1.54) is 13.8 Å². The summed E-state index contributed by atoms with van der Waals surface area (Å²) in [5, 5.41) is 23.9. The molecule has 0 saturated heterocycles. The Labute approximate surface area is 128 Å². The summed E-state index contributed by atoms with van der Waals surface area (Å²) in [7, 11) is 0. The Kier molecular flexibility index (Phi) is 5.38. The van der Waals surface area contributed by atoms with Crippen LogP contribution in [0.1, 0.15) is 27.2 Å². The van der Waals surface area contributed by atoms with E-state index in [1.54, 1.807) is 30.3 Å². The van der Waals surface area contributed by atoms with Gasteiger partial charge in [-0.2, -0.15) is 0 Å². The Morgan fingerprint density at radius 3 is 2.27 bits per heavy atom. The van der Waals surface area contributed by atoms with Crippen molar-refractivity contribution >= 4 is 17.4 Å². The maximum Gasteiger partial charge on any atom is 0.257 e. The molecule has 1 aromatic rings. The quantitative estimate of drug-likeness (QED) is 0.588. The molecule has 0 aliphatic carbocycles. The molecule has 0 bridgehead atoms. The van der Waals surface area contributed by atoms with Gasteiger partial charge in [-0.25, -0.2) is 0 Å². The number of benzene rings is 1. The van der Waals surface area contributed by atoms with Gasteiger partial charge in [0.25, 0.3) is 5.91 Å². The van der Waals surface area contributed by atoms with E-state index in [4.69, 9.17) is 0 Å². The number of nitrogens with one attached hydrogen (secondary N) is 1. The Hall–Kier alpha value is -2.28. The number of carbonyl (C=O) groups excluding carboxylic acids is 2. The van der Waals surface area contributed by atoms with Crippen molar-refractivity contribution in [1.29, 1.82) is 0 Å². The van der Waals surface area contributed by atoms with Crippen LogP contribution in [0.4, 0.5) is 5.69 Å². The fourth-order valence-electron chi connectivity index (χ4n) is 2.19. The van der Waals surface area contributed by atoms with Crippen LogP contribution in [0.15, 0.2) is 30.3 Å². The number of aliphatic hydroxyl groups is 1. The molecule has 0 aromatic heterocycles. The first kappa shape index (κ1) is 17.8. The Bertz CT molecular complexity index is 571. The number of amides is 1. The van der Waals surface area contributed by atoms with Gasteiger partial charge in [-0.3, -0.25) is 19.7 Å². The Balaban J connectivity index is 3.12. The second-order valence-electron chi connectivity index (χ2n) is 5.49. The molecule has 1 rings (SSSR count). The largest absolute Gasteiger partial charge is 0.379 e. The number of para-hydroxylation sites is 1. The van der Waals surface area contributed by atoms with Gasteiger partial charge in [-0.05, 0) is 26.0 Å². The Morgan fingerprint density at radius 2 is 1.82 bits per heavy atom. The van der Waals surface area contributed by atoms with Crippen LogP contribution < -0.4 is 5.32 Å². The van der Waals surface area contributed by atoms with Gasteiger partial charge in [0.05, 0.1) is 0 Å². The maximum atomic E-state index is 12.3. The van der Waals surface area contributed by atoms with E-state index in [2.05, 4.69) is 5.32 Å². The number of hydrogen-bond donors (Lipinski definition) is 2. The van der Waals surface area contributed by atoms with Gasteiger partial charge in [-0.15, -0.1) is 0 Å². The van der Waals surface area contributed by atoms with Crippen molar-refractivity contribution in [2.24, 2.45) is 5.41 Å². The van der Waals surface area contributed by atoms with E-state index in [1.807, 2.05) is 0 Å². The summed E-state index contributed by atoms with van der Waals surface area (Å²) >= 11 is 0. The molecule has 2 N–H and O–H groups in total. The molecule has 7 nitrogen and oxygen atoms in total. The Morgan fingerprint density at radius 1 is 1.27 bits per heavy atom. The first-order chi connectivity index (χ1) is 10.1. The second kappa shape index (κ2) is 6.65. The van der Waals surface area contributed by atoms with Crippen molar-refractivity contribution in [3.8, 4) is 0 Å². The van der Waals surface area contributed by atoms with Gasteiger partial charge in [-0.1, -0.05) is 25.1 Å². The molecule has 7 heteroatoms. The number of anilines is 1. The van der Waals surface area contributed by atoms with Gasteiger partial charge in [0.2, 0.25) is 6.54 Å². The minimum Gasteiger partial charge on any atom is -0.379 e. The van der Waals surface area contributed by atoms with Gasteiger partial charge >= 0.3 is 0 Å². The van der Waals surface area contributed by atoms with Crippen LogP contribution in [0.25, 0.3) is 0 Å². The van der Waals surface area contributed by atoms with Gasteiger partial charge < -0.3 is 10.4 Å². The third-order valence-electron chi connectivity index (χ3n) is 3.93. The standard InChI is InChI=1S/C15H20N2O5/c1-4-12(18)14(2,10-17(21)22)15(3,20)13(19)16-11-8-6-5-7-9-11/h5-9,20H,4,10H2,1-3H3,(H,16,19). The average Bonchev–Trinajstić information content (AvgIpc) is 2.46. The van der Waals surface area contributed by atoms with E-state index in [9.17, 15) is 24.8 Å². The third kappa shape index (κ3) is 3.48. The zero-order valence-electron chi connectivity index (χ0n) is 12.8. The SMILES string of the molecule is CCC(=O)C(C)(C[N+](=O)[O-])C(C)(O)C(=O)Nc1ccccc1. The monoisotopic (exact) mass is 308 g/mol. The first-order valence-corrected chi connectivity index (χ1v) is 6.89. The van der Waals surface area contributed by atoms with E-state index >= 15 is 0 Å². The number of nitro groups is 1. The third-order valence-corrected chi connectivity index (χ3v) is 3.93. The van der Waals surface area contributed by atoms with Crippen molar-refractivity contribution in [2.75, 3.05) is 11.9 Å². The van der Waals surface area contributed by atoms with Crippen LogP contribution in [0.2, 0.25) is 0 Å². The normalized spacial score (nSPS) is 16.2. The summed E-state index contributed by atoms with van der Waals surface area (Å²) in [6.07, 6.45) is -0.0148. The molecule has 0 radical (unpaired) electrons. The molecule has 1 aromatic carbocycles. The molecule has 2 atom stereocenters. The summed E-state index contributed by atoms with van der Waals surface area (Å²) in [6, 6.07) is 8.36. The van der Waals surface area contributed by atoms with Crippen LogP contribution >= 0.6 is 0 Å². The number of hydrogen-bond acceptors (Lipinski definition) is 5. The highest BCUT2D eigenvalue weighted by atomic mass is 16.6. The highest BCUT2D eigenvalue weighted by molar-refractivity contribution is 6.02. The van der Waals surface area contributed by atoms with Crippen molar-refractivity contribution in [1.82, 2.24) is 0 Å². The van der Waals surface area contributed by atoms with Gasteiger partial charge in [0.15, 0.2) is 5.60 Å². The molecule has 0 saturated carbocycles. The van der Waals surface area contributed by atoms with Crippen LogP contribution in [-0.4, -0.2) is 33.9 Å². The van der Waals surface area contributed by atoms with Crippen molar-refractivity contribution in [3.63, 3.8) is 0 Å². The topological polar surface area (TPSA) is 110 Å². The second-order valence-corrected chi connectivity index (χ2v) is 5.49. The molecular formula is C15H20N2O5. The van der Waals surface area contributed by atoms with E-state index < -0.39 is 34.2 Å². The summed E-state index contributed by atoms with van der Waals surface area (Å²) in [5.41, 5.74) is -3.60. The minimum atomic E-state index is -2.22. The number of nitrogens with zero attached hydrogens (tertiary/aromatic N) is 1. The fourth-order valence-corrected chi connectivity index (χ4v) is 2.19. The molecule has 2 unspecified atom stereocenters. The van der Waals surface area contributed by atoms with E-state index in [0.29, 0.717) is 5.69 Å². The van der Waals surface area contributed by atoms with Gasteiger partial charge in [0, 0.05) is 17.0 Å². The summed E-state index contributed by atoms with van der Waals surface area (Å²) in [4.78, 5) is 34.7.